The molecule has 1 aliphatic rings. The SMILES string of the molecule is Cc1cc(C)c(CC2CCNC2)cc1Cl. The third-order valence-corrected chi connectivity index (χ3v) is 3.70. The Labute approximate surface area is 96.8 Å². The van der Waals surface area contributed by atoms with Crippen LogP contribution in [0.2, 0.25) is 5.02 Å². The van der Waals surface area contributed by atoms with Crippen molar-refractivity contribution < 1.29 is 0 Å². The molecular formula is C13H18ClN. The minimum Gasteiger partial charge on any atom is -0.316 e. The molecule has 1 aromatic carbocycles. The molecule has 0 saturated carbocycles. The predicted octanol–water partition coefficient (Wildman–Crippen LogP) is 3.11. The maximum atomic E-state index is 6.16. The van der Waals surface area contributed by atoms with E-state index >= 15 is 0 Å². The van der Waals surface area contributed by atoms with Crippen LogP contribution in [-0.2, 0) is 6.42 Å². The van der Waals surface area contributed by atoms with Gasteiger partial charge < -0.3 is 5.32 Å². The van der Waals surface area contributed by atoms with Crippen LogP contribution in [0.25, 0.3) is 0 Å². The summed E-state index contributed by atoms with van der Waals surface area (Å²) in [5.74, 6) is 0.794. The molecule has 1 heterocycles. The van der Waals surface area contributed by atoms with Crippen molar-refractivity contribution >= 4 is 11.6 Å². The number of halogens is 1. The van der Waals surface area contributed by atoms with Gasteiger partial charge in [-0.3, -0.25) is 0 Å². The van der Waals surface area contributed by atoms with Gasteiger partial charge >= 0.3 is 0 Å². The summed E-state index contributed by atoms with van der Waals surface area (Å²) in [6.07, 6.45) is 2.46. The zero-order valence-corrected chi connectivity index (χ0v) is 10.2. The van der Waals surface area contributed by atoms with Gasteiger partial charge in [-0.15, -0.1) is 0 Å². The summed E-state index contributed by atoms with van der Waals surface area (Å²) in [4.78, 5) is 0. The van der Waals surface area contributed by atoms with Crippen molar-refractivity contribution in [3.05, 3.63) is 33.8 Å². The topological polar surface area (TPSA) is 12.0 Å². The Morgan fingerprint density at radius 2 is 2.13 bits per heavy atom. The third kappa shape index (κ3) is 2.53. The lowest BCUT2D eigenvalue weighted by atomic mass is 9.94. The normalized spacial score (nSPS) is 20.9. The molecule has 1 saturated heterocycles. The van der Waals surface area contributed by atoms with Crippen LogP contribution in [0.4, 0.5) is 0 Å². The highest BCUT2D eigenvalue weighted by molar-refractivity contribution is 6.31. The molecule has 0 amide bonds. The summed E-state index contributed by atoms with van der Waals surface area (Å²) in [6.45, 7) is 6.57. The zero-order valence-electron chi connectivity index (χ0n) is 9.44. The molecule has 15 heavy (non-hydrogen) atoms. The molecule has 0 radical (unpaired) electrons. The summed E-state index contributed by atoms with van der Waals surface area (Å²) in [7, 11) is 0. The first-order valence-corrected chi connectivity index (χ1v) is 6.01. The van der Waals surface area contributed by atoms with Gasteiger partial charge in [-0.05, 0) is 68.5 Å². The lowest BCUT2D eigenvalue weighted by molar-refractivity contribution is 0.578. The van der Waals surface area contributed by atoms with Crippen LogP contribution in [0.3, 0.4) is 0 Å². The van der Waals surface area contributed by atoms with E-state index in [1.165, 1.54) is 36.1 Å². The molecule has 0 spiro atoms. The Hall–Kier alpha value is -0.530. The fourth-order valence-electron chi connectivity index (χ4n) is 2.29. The zero-order chi connectivity index (χ0) is 10.8. The minimum atomic E-state index is 0.794. The molecule has 1 unspecified atom stereocenters. The van der Waals surface area contributed by atoms with Gasteiger partial charge in [0, 0.05) is 5.02 Å². The molecule has 1 fully saturated rings. The van der Waals surface area contributed by atoms with Crippen molar-refractivity contribution in [1.82, 2.24) is 5.32 Å². The summed E-state index contributed by atoms with van der Waals surface area (Å²) in [5, 5.41) is 4.31. The van der Waals surface area contributed by atoms with Crippen LogP contribution in [0.15, 0.2) is 12.1 Å². The summed E-state index contributed by atoms with van der Waals surface area (Å²) >= 11 is 6.16. The van der Waals surface area contributed by atoms with Crippen molar-refractivity contribution in [2.45, 2.75) is 26.7 Å². The van der Waals surface area contributed by atoms with Gasteiger partial charge in [0.05, 0.1) is 0 Å². The lowest BCUT2D eigenvalue weighted by Crippen LogP contribution is -2.11. The molecule has 82 valence electrons. The fourth-order valence-corrected chi connectivity index (χ4v) is 2.47. The number of rotatable bonds is 2. The molecular weight excluding hydrogens is 206 g/mol. The van der Waals surface area contributed by atoms with Crippen LogP contribution >= 0.6 is 11.6 Å². The average molecular weight is 224 g/mol. The molecule has 0 aromatic heterocycles. The van der Waals surface area contributed by atoms with E-state index < -0.39 is 0 Å². The lowest BCUT2D eigenvalue weighted by Gasteiger charge is -2.12. The maximum absolute atomic E-state index is 6.16. The van der Waals surface area contributed by atoms with Crippen molar-refractivity contribution in [2.75, 3.05) is 13.1 Å². The van der Waals surface area contributed by atoms with Crippen molar-refractivity contribution in [3.8, 4) is 0 Å². The quantitative estimate of drug-likeness (QED) is 0.813. The number of hydrogen-bond acceptors (Lipinski definition) is 1. The van der Waals surface area contributed by atoms with E-state index in [0.29, 0.717) is 0 Å². The van der Waals surface area contributed by atoms with E-state index in [1.54, 1.807) is 0 Å². The van der Waals surface area contributed by atoms with Gasteiger partial charge in [0.15, 0.2) is 0 Å². The van der Waals surface area contributed by atoms with Crippen molar-refractivity contribution in [1.29, 1.82) is 0 Å². The van der Waals surface area contributed by atoms with Gasteiger partial charge in [0.1, 0.15) is 0 Å². The second kappa shape index (κ2) is 4.54. The maximum Gasteiger partial charge on any atom is 0.0438 e. The Morgan fingerprint density at radius 1 is 1.33 bits per heavy atom. The molecule has 0 bridgehead atoms. The molecule has 1 atom stereocenters. The Bertz CT molecular complexity index is 354. The summed E-state index contributed by atoms with van der Waals surface area (Å²) in [5.41, 5.74) is 3.98. The van der Waals surface area contributed by atoms with E-state index in [1.807, 2.05) is 0 Å². The molecule has 1 N–H and O–H groups in total. The van der Waals surface area contributed by atoms with Crippen LogP contribution in [0.5, 0.6) is 0 Å². The first kappa shape index (κ1) is 11.0. The molecule has 1 aliphatic heterocycles. The number of aryl methyl sites for hydroxylation is 2. The van der Waals surface area contributed by atoms with Crippen LogP contribution in [0.1, 0.15) is 23.1 Å². The highest BCUT2D eigenvalue weighted by atomic mass is 35.5. The summed E-state index contributed by atoms with van der Waals surface area (Å²) in [6, 6.07) is 4.34. The van der Waals surface area contributed by atoms with E-state index in [2.05, 4.69) is 31.3 Å². The Kier molecular flexibility index (Phi) is 3.32. The second-order valence-electron chi connectivity index (χ2n) is 4.59. The Morgan fingerprint density at radius 3 is 2.80 bits per heavy atom. The second-order valence-corrected chi connectivity index (χ2v) is 5.00. The third-order valence-electron chi connectivity index (χ3n) is 3.29. The van der Waals surface area contributed by atoms with Crippen molar-refractivity contribution in [2.24, 2.45) is 5.92 Å². The monoisotopic (exact) mass is 223 g/mol. The van der Waals surface area contributed by atoms with Crippen LogP contribution < -0.4 is 5.32 Å². The van der Waals surface area contributed by atoms with Crippen LogP contribution in [-0.4, -0.2) is 13.1 Å². The van der Waals surface area contributed by atoms with Crippen molar-refractivity contribution in [3.63, 3.8) is 0 Å². The number of nitrogens with one attached hydrogen (secondary N) is 1. The molecule has 2 rings (SSSR count). The molecule has 0 aliphatic carbocycles. The predicted molar refractivity (Wildman–Crippen MR) is 65.6 cm³/mol. The molecule has 1 aromatic rings. The van der Waals surface area contributed by atoms with E-state index in [0.717, 1.165) is 17.5 Å². The van der Waals surface area contributed by atoms with Gasteiger partial charge in [-0.1, -0.05) is 17.7 Å². The van der Waals surface area contributed by atoms with Gasteiger partial charge in [0.25, 0.3) is 0 Å². The Balaban J connectivity index is 2.16. The first-order chi connectivity index (χ1) is 7.16. The molecule has 1 nitrogen and oxygen atoms in total. The average Bonchev–Trinajstić information content (AvgIpc) is 2.67. The van der Waals surface area contributed by atoms with E-state index in [9.17, 15) is 0 Å². The fraction of sp³-hybridized carbons (Fsp3) is 0.538. The smallest absolute Gasteiger partial charge is 0.0438 e. The van der Waals surface area contributed by atoms with E-state index in [-0.39, 0.29) is 0 Å². The largest absolute Gasteiger partial charge is 0.316 e. The van der Waals surface area contributed by atoms with Gasteiger partial charge in [0.2, 0.25) is 0 Å². The minimum absolute atomic E-state index is 0.794. The number of benzene rings is 1. The standard InChI is InChI=1S/C13H18ClN/c1-9-5-10(2)13(14)7-12(9)6-11-3-4-15-8-11/h5,7,11,15H,3-4,6,8H2,1-2H3. The summed E-state index contributed by atoms with van der Waals surface area (Å²) < 4.78 is 0. The highest BCUT2D eigenvalue weighted by Crippen LogP contribution is 2.24. The first-order valence-electron chi connectivity index (χ1n) is 5.63. The van der Waals surface area contributed by atoms with E-state index in [4.69, 9.17) is 11.6 Å². The number of hydrogen-bond donors (Lipinski definition) is 1. The highest BCUT2D eigenvalue weighted by Gasteiger charge is 2.16. The van der Waals surface area contributed by atoms with Gasteiger partial charge in [-0.25, -0.2) is 0 Å². The van der Waals surface area contributed by atoms with Crippen LogP contribution in [0, 0.1) is 19.8 Å². The molecule has 2 heteroatoms. The van der Waals surface area contributed by atoms with Gasteiger partial charge in [-0.2, -0.15) is 0 Å².